The van der Waals surface area contributed by atoms with Crippen LogP contribution in [0.1, 0.15) is 33.4 Å². The topological polar surface area (TPSA) is 121 Å². The Kier molecular flexibility index (Phi) is 8.14. The molecule has 0 aliphatic rings. The first-order chi connectivity index (χ1) is 14.9. The van der Waals surface area contributed by atoms with Crippen LogP contribution in [0.3, 0.4) is 0 Å². The van der Waals surface area contributed by atoms with E-state index < -0.39 is 47.6 Å². The molecule has 2 aromatic rings. The number of hydrogen-bond donors (Lipinski definition) is 6. The monoisotopic (exact) mass is 450 g/mol. The first-order valence-electron chi connectivity index (χ1n) is 9.91. The average Bonchev–Trinajstić information content (AvgIpc) is 2.77. The summed E-state index contributed by atoms with van der Waals surface area (Å²) in [6.45, 7) is 6.32. The summed E-state index contributed by atoms with van der Waals surface area (Å²) in [5, 5.41) is 61.2. The summed E-state index contributed by atoms with van der Waals surface area (Å²) < 4.78 is 27.2. The Morgan fingerprint density at radius 2 is 0.938 bits per heavy atom. The zero-order valence-corrected chi connectivity index (χ0v) is 18.2. The van der Waals surface area contributed by atoms with Crippen molar-refractivity contribution in [3.8, 4) is 0 Å². The van der Waals surface area contributed by atoms with E-state index in [1.54, 1.807) is 27.7 Å². The molecule has 0 heterocycles. The van der Waals surface area contributed by atoms with E-state index in [-0.39, 0.29) is 0 Å². The molecule has 32 heavy (non-hydrogen) atoms. The van der Waals surface area contributed by atoms with E-state index in [1.165, 1.54) is 24.3 Å². The second-order valence-corrected chi connectivity index (χ2v) is 7.78. The van der Waals surface area contributed by atoms with E-state index in [9.17, 15) is 39.4 Å². The lowest BCUT2D eigenvalue weighted by Crippen LogP contribution is -2.45. The molecule has 0 amide bonds. The molecule has 0 saturated heterocycles. The molecule has 6 nitrogen and oxygen atoms in total. The molecule has 0 radical (unpaired) electrons. The summed E-state index contributed by atoms with van der Waals surface area (Å²) in [5.74, 6) is -2.34. The van der Waals surface area contributed by atoms with Gasteiger partial charge in [0.15, 0.2) is 0 Å². The van der Waals surface area contributed by atoms with E-state index in [2.05, 4.69) is 0 Å². The predicted octanol–water partition coefficient (Wildman–Crippen LogP) is 3.14. The van der Waals surface area contributed by atoms with E-state index >= 15 is 0 Å². The van der Waals surface area contributed by atoms with Crippen molar-refractivity contribution in [1.82, 2.24) is 0 Å². The summed E-state index contributed by atoms with van der Waals surface area (Å²) in [5.41, 5.74) is 2.46. The van der Waals surface area contributed by atoms with Crippen LogP contribution in [-0.2, 0) is 0 Å². The van der Waals surface area contributed by atoms with Crippen LogP contribution in [-0.4, -0.2) is 55.1 Å². The Morgan fingerprint density at radius 3 is 1.25 bits per heavy atom. The molecule has 174 valence electrons. The van der Waals surface area contributed by atoms with E-state index in [0.717, 1.165) is 12.2 Å². The van der Waals surface area contributed by atoms with E-state index in [1.807, 2.05) is 0 Å². The molecule has 0 spiro atoms. The fraction of sp³-hybridized carbons (Fsp3) is 0.333. The fourth-order valence-electron chi connectivity index (χ4n) is 3.14. The Morgan fingerprint density at radius 1 is 0.625 bits per heavy atom. The van der Waals surface area contributed by atoms with Gasteiger partial charge in [-0.1, -0.05) is 12.1 Å². The lowest BCUT2D eigenvalue weighted by Gasteiger charge is -2.26. The standard InChI is InChI=1S/C24H28F2O6/c1-11-13(3)17(25)7-5-15(11)9-19(27)21(29)23(31)24(32)22(30)20(28)10-16-6-8-18(26)14(4)12(16)2/h5-10,21-24,27-32H,1-4H3/t21-,22+,23-,24-/m1/s1. The van der Waals surface area contributed by atoms with Crippen LogP contribution in [0.15, 0.2) is 35.8 Å². The quantitative estimate of drug-likeness (QED) is 0.361. The molecule has 2 rings (SSSR count). The molecule has 0 aromatic heterocycles. The number of hydrogen-bond acceptors (Lipinski definition) is 6. The summed E-state index contributed by atoms with van der Waals surface area (Å²) in [7, 11) is 0. The average molecular weight is 450 g/mol. The van der Waals surface area contributed by atoms with Gasteiger partial charge < -0.3 is 30.6 Å². The predicted molar refractivity (Wildman–Crippen MR) is 117 cm³/mol. The van der Waals surface area contributed by atoms with Crippen molar-refractivity contribution < 1.29 is 39.4 Å². The smallest absolute Gasteiger partial charge is 0.139 e. The van der Waals surface area contributed by atoms with Gasteiger partial charge in [-0.25, -0.2) is 8.78 Å². The van der Waals surface area contributed by atoms with Crippen molar-refractivity contribution in [2.24, 2.45) is 0 Å². The third kappa shape index (κ3) is 5.34. The van der Waals surface area contributed by atoms with Crippen molar-refractivity contribution in [2.75, 3.05) is 0 Å². The highest BCUT2D eigenvalue weighted by atomic mass is 19.1. The molecule has 0 aliphatic carbocycles. The first kappa shape index (κ1) is 25.5. The third-order valence-electron chi connectivity index (χ3n) is 5.74. The maximum Gasteiger partial charge on any atom is 0.139 e. The number of aliphatic hydroxyl groups is 6. The molecule has 0 unspecified atom stereocenters. The summed E-state index contributed by atoms with van der Waals surface area (Å²) in [6.07, 6.45) is -5.95. The minimum atomic E-state index is -2.07. The molecular formula is C24H28F2O6. The highest BCUT2D eigenvalue weighted by molar-refractivity contribution is 5.59. The Labute approximate surface area is 185 Å². The second kappa shape index (κ2) is 10.2. The highest BCUT2D eigenvalue weighted by Gasteiger charge is 2.34. The van der Waals surface area contributed by atoms with Crippen molar-refractivity contribution in [3.05, 3.63) is 80.8 Å². The molecule has 0 bridgehead atoms. The van der Waals surface area contributed by atoms with Gasteiger partial charge >= 0.3 is 0 Å². The van der Waals surface area contributed by atoms with Crippen molar-refractivity contribution >= 4 is 12.2 Å². The van der Waals surface area contributed by atoms with Gasteiger partial charge in [0.1, 0.15) is 47.6 Å². The van der Waals surface area contributed by atoms with Gasteiger partial charge in [0.25, 0.3) is 0 Å². The minimum absolute atomic E-state index is 0.346. The molecule has 0 aliphatic heterocycles. The highest BCUT2D eigenvalue weighted by Crippen LogP contribution is 2.23. The van der Waals surface area contributed by atoms with Crippen LogP contribution in [0.5, 0.6) is 0 Å². The van der Waals surface area contributed by atoms with Crippen molar-refractivity contribution in [2.45, 2.75) is 52.1 Å². The second-order valence-electron chi connectivity index (χ2n) is 7.78. The third-order valence-corrected chi connectivity index (χ3v) is 5.74. The molecular weight excluding hydrogens is 422 g/mol. The fourth-order valence-corrected chi connectivity index (χ4v) is 3.14. The van der Waals surface area contributed by atoms with Gasteiger partial charge in [-0.2, -0.15) is 0 Å². The van der Waals surface area contributed by atoms with Crippen molar-refractivity contribution in [1.29, 1.82) is 0 Å². The van der Waals surface area contributed by atoms with Gasteiger partial charge in [-0.15, -0.1) is 0 Å². The SMILES string of the molecule is Cc1c(F)ccc(C=C(O)[C@@H](O)[C@@H](O)[C@H](O)[C@@H](O)C(O)=Cc2ccc(F)c(C)c2C)c1C. The number of halogens is 2. The molecule has 8 heteroatoms. The molecule has 0 fully saturated rings. The Hall–Kier alpha value is -2.78. The first-order valence-corrected chi connectivity index (χ1v) is 9.91. The lowest BCUT2D eigenvalue weighted by atomic mass is 9.96. The molecule has 6 N–H and O–H groups in total. The lowest BCUT2D eigenvalue weighted by molar-refractivity contribution is -0.0996. The van der Waals surface area contributed by atoms with Gasteiger partial charge in [-0.05, 0) is 85.4 Å². The minimum Gasteiger partial charge on any atom is -0.509 e. The number of aliphatic hydroxyl groups excluding tert-OH is 6. The molecule has 2 aromatic carbocycles. The van der Waals surface area contributed by atoms with Gasteiger partial charge in [-0.3, -0.25) is 0 Å². The summed E-state index contributed by atoms with van der Waals surface area (Å²) in [6, 6.07) is 5.12. The summed E-state index contributed by atoms with van der Waals surface area (Å²) in [4.78, 5) is 0. The number of rotatable bonds is 7. The maximum absolute atomic E-state index is 13.6. The summed E-state index contributed by atoms with van der Waals surface area (Å²) >= 11 is 0. The van der Waals surface area contributed by atoms with Crippen LogP contribution in [0.25, 0.3) is 12.2 Å². The molecule has 4 atom stereocenters. The van der Waals surface area contributed by atoms with Crippen molar-refractivity contribution in [3.63, 3.8) is 0 Å². The zero-order chi connectivity index (χ0) is 24.3. The maximum atomic E-state index is 13.6. The zero-order valence-electron chi connectivity index (χ0n) is 18.2. The van der Waals surface area contributed by atoms with Crippen LogP contribution in [0.4, 0.5) is 8.78 Å². The Balaban J connectivity index is 2.22. The number of benzene rings is 2. The van der Waals surface area contributed by atoms with E-state index in [4.69, 9.17) is 0 Å². The molecule has 0 saturated carbocycles. The van der Waals surface area contributed by atoms with Crippen LogP contribution in [0.2, 0.25) is 0 Å². The van der Waals surface area contributed by atoms with Crippen LogP contribution < -0.4 is 0 Å². The van der Waals surface area contributed by atoms with E-state index in [0.29, 0.717) is 33.4 Å². The Bertz CT molecular complexity index is 964. The van der Waals surface area contributed by atoms with Gasteiger partial charge in [0, 0.05) is 0 Å². The van der Waals surface area contributed by atoms with Crippen LogP contribution >= 0.6 is 0 Å². The normalized spacial score (nSPS) is 16.6. The largest absolute Gasteiger partial charge is 0.509 e. The van der Waals surface area contributed by atoms with Gasteiger partial charge in [0.2, 0.25) is 0 Å². The van der Waals surface area contributed by atoms with Gasteiger partial charge in [0.05, 0.1) is 0 Å². The van der Waals surface area contributed by atoms with Crippen LogP contribution in [0, 0.1) is 39.3 Å².